The molecule has 8 nitrogen and oxygen atoms in total. The van der Waals surface area contributed by atoms with Crippen LogP contribution in [0.5, 0.6) is 5.75 Å². The molecule has 0 bridgehead atoms. The Morgan fingerprint density at radius 2 is 2.19 bits per heavy atom. The van der Waals surface area contributed by atoms with E-state index in [-0.39, 0.29) is 18.2 Å². The molecule has 3 rings (SSSR count). The second kappa shape index (κ2) is 7.79. The van der Waals surface area contributed by atoms with Gasteiger partial charge in [-0.1, -0.05) is 17.4 Å². The van der Waals surface area contributed by atoms with Gasteiger partial charge in [0.1, 0.15) is 17.4 Å². The van der Waals surface area contributed by atoms with Crippen LogP contribution in [0.15, 0.2) is 18.2 Å². The number of ether oxygens (including phenoxy) is 2. The number of anilines is 2. The van der Waals surface area contributed by atoms with Crippen LogP contribution in [0.2, 0.25) is 0 Å². The summed E-state index contributed by atoms with van der Waals surface area (Å²) in [6, 6.07) is 5.63. The van der Waals surface area contributed by atoms with Gasteiger partial charge in [-0.2, -0.15) is 0 Å². The number of methoxy groups -OCH3 is 2. The van der Waals surface area contributed by atoms with E-state index in [1.807, 2.05) is 25.1 Å². The molecule has 1 aromatic carbocycles. The maximum Gasteiger partial charge on any atom is 0.231 e. The summed E-state index contributed by atoms with van der Waals surface area (Å²) < 4.78 is 10.3. The summed E-state index contributed by atoms with van der Waals surface area (Å²) in [5.41, 5.74) is 1.70. The number of aryl methyl sites for hydroxylation is 1. The van der Waals surface area contributed by atoms with Crippen molar-refractivity contribution in [1.82, 2.24) is 10.2 Å². The van der Waals surface area contributed by atoms with Gasteiger partial charge in [-0.15, -0.1) is 10.2 Å². The van der Waals surface area contributed by atoms with Crippen LogP contribution in [-0.4, -0.2) is 42.8 Å². The minimum absolute atomic E-state index is 0.105. The second-order valence-corrected chi connectivity index (χ2v) is 7.07. The molecule has 138 valence electrons. The van der Waals surface area contributed by atoms with Crippen LogP contribution < -0.4 is 15.0 Å². The van der Waals surface area contributed by atoms with Gasteiger partial charge in [0.05, 0.1) is 18.7 Å². The first-order valence-electron chi connectivity index (χ1n) is 8.09. The molecule has 1 aliphatic rings. The van der Waals surface area contributed by atoms with Crippen LogP contribution in [0.1, 0.15) is 17.0 Å². The molecule has 0 unspecified atom stereocenters. The maximum atomic E-state index is 12.5. The van der Waals surface area contributed by atoms with Crippen LogP contribution in [0.4, 0.5) is 10.8 Å². The number of hydrogen-bond donors (Lipinski definition) is 1. The first-order valence-corrected chi connectivity index (χ1v) is 8.90. The highest BCUT2D eigenvalue weighted by Gasteiger charge is 2.36. The van der Waals surface area contributed by atoms with Gasteiger partial charge in [0.15, 0.2) is 0 Å². The number of carbonyl (C=O) groups excluding carboxylic acids is 2. The zero-order valence-corrected chi connectivity index (χ0v) is 15.6. The first kappa shape index (κ1) is 18.3. The zero-order chi connectivity index (χ0) is 18.7. The number of amides is 2. The van der Waals surface area contributed by atoms with E-state index < -0.39 is 5.92 Å². The van der Waals surface area contributed by atoms with Gasteiger partial charge >= 0.3 is 0 Å². The summed E-state index contributed by atoms with van der Waals surface area (Å²) in [5.74, 6) is -0.195. The van der Waals surface area contributed by atoms with E-state index in [0.29, 0.717) is 34.7 Å². The Balaban J connectivity index is 1.71. The lowest BCUT2D eigenvalue weighted by molar-refractivity contribution is -0.122. The molecule has 1 fully saturated rings. The summed E-state index contributed by atoms with van der Waals surface area (Å²) in [5, 5.41) is 11.7. The van der Waals surface area contributed by atoms with Crippen LogP contribution in [-0.2, 0) is 20.9 Å². The number of carbonyl (C=O) groups is 2. The summed E-state index contributed by atoms with van der Waals surface area (Å²) in [6.07, 6.45) is 0.145. The van der Waals surface area contributed by atoms with Gasteiger partial charge in [0.25, 0.3) is 0 Å². The molecule has 0 saturated carbocycles. The fourth-order valence-electron chi connectivity index (χ4n) is 2.82. The lowest BCUT2D eigenvalue weighted by atomic mass is 10.1. The van der Waals surface area contributed by atoms with Gasteiger partial charge < -0.3 is 19.7 Å². The second-order valence-electron chi connectivity index (χ2n) is 6.00. The highest BCUT2D eigenvalue weighted by Crippen LogP contribution is 2.34. The normalized spacial score (nSPS) is 16.8. The van der Waals surface area contributed by atoms with Crippen molar-refractivity contribution in [2.24, 2.45) is 5.92 Å². The molecule has 0 spiro atoms. The van der Waals surface area contributed by atoms with E-state index in [9.17, 15) is 9.59 Å². The highest BCUT2D eigenvalue weighted by molar-refractivity contribution is 7.15. The first-order chi connectivity index (χ1) is 12.5. The van der Waals surface area contributed by atoms with Gasteiger partial charge in [0.2, 0.25) is 16.9 Å². The third-order valence-electron chi connectivity index (χ3n) is 4.09. The maximum absolute atomic E-state index is 12.5. The molecule has 1 aliphatic heterocycles. The Morgan fingerprint density at radius 1 is 1.38 bits per heavy atom. The fraction of sp³-hybridized carbons (Fsp3) is 0.412. The van der Waals surface area contributed by atoms with E-state index in [1.165, 1.54) is 11.3 Å². The van der Waals surface area contributed by atoms with Crippen molar-refractivity contribution >= 4 is 34.0 Å². The van der Waals surface area contributed by atoms with Crippen LogP contribution in [0.25, 0.3) is 0 Å². The van der Waals surface area contributed by atoms with Gasteiger partial charge in [-0.05, 0) is 24.6 Å². The van der Waals surface area contributed by atoms with Crippen molar-refractivity contribution in [3.8, 4) is 5.75 Å². The molecule has 0 aliphatic carbocycles. The highest BCUT2D eigenvalue weighted by atomic mass is 32.1. The minimum Gasteiger partial charge on any atom is -0.495 e. The predicted octanol–water partition coefficient (Wildman–Crippen LogP) is 1.99. The smallest absolute Gasteiger partial charge is 0.231 e. The van der Waals surface area contributed by atoms with Crippen LogP contribution in [0, 0.1) is 12.8 Å². The van der Waals surface area contributed by atoms with Crippen LogP contribution in [0.3, 0.4) is 0 Å². The molecule has 9 heteroatoms. The molecule has 0 radical (unpaired) electrons. The average Bonchev–Trinajstić information content (AvgIpc) is 3.21. The van der Waals surface area contributed by atoms with Gasteiger partial charge in [-0.25, -0.2) is 0 Å². The quantitative estimate of drug-likeness (QED) is 0.829. The van der Waals surface area contributed by atoms with Gasteiger partial charge in [0, 0.05) is 20.1 Å². The SMILES string of the molecule is COCc1nnc(NC(=O)[C@@H]2CC(=O)N(c3cc(C)ccc3OC)C2)s1. The molecule has 2 aromatic rings. The Kier molecular flexibility index (Phi) is 5.48. The third-order valence-corrected chi connectivity index (χ3v) is 4.90. The molecule has 1 atom stereocenters. The molecule has 2 heterocycles. The van der Waals surface area contributed by atoms with Gasteiger partial charge in [-0.3, -0.25) is 9.59 Å². The Morgan fingerprint density at radius 3 is 2.92 bits per heavy atom. The largest absolute Gasteiger partial charge is 0.495 e. The Bertz CT molecular complexity index is 823. The Labute approximate surface area is 155 Å². The lowest BCUT2D eigenvalue weighted by Crippen LogP contribution is -2.28. The number of nitrogens with zero attached hydrogens (tertiary/aromatic N) is 3. The molecular weight excluding hydrogens is 356 g/mol. The monoisotopic (exact) mass is 376 g/mol. The Hall–Kier alpha value is -2.52. The zero-order valence-electron chi connectivity index (χ0n) is 14.8. The molecular formula is C17H20N4O4S. The van der Waals surface area contributed by atoms with Crippen LogP contribution >= 0.6 is 11.3 Å². The van der Waals surface area contributed by atoms with Crippen molar-refractivity contribution in [2.75, 3.05) is 31.0 Å². The molecule has 1 N–H and O–H groups in total. The summed E-state index contributed by atoms with van der Waals surface area (Å²) in [7, 11) is 3.13. The molecule has 2 amide bonds. The van der Waals surface area contributed by atoms with E-state index in [0.717, 1.165) is 5.56 Å². The van der Waals surface area contributed by atoms with Crippen molar-refractivity contribution in [2.45, 2.75) is 20.0 Å². The van der Waals surface area contributed by atoms with E-state index >= 15 is 0 Å². The molecule has 1 aromatic heterocycles. The summed E-state index contributed by atoms with van der Waals surface area (Å²) >= 11 is 1.25. The van der Waals surface area contributed by atoms with E-state index in [4.69, 9.17) is 9.47 Å². The fourth-order valence-corrected chi connectivity index (χ4v) is 3.54. The molecule has 26 heavy (non-hydrogen) atoms. The number of nitrogens with one attached hydrogen (secondary N) is 1. The van der Waals surface area contributed by atoms with Crippen molar-refractivity contribution < 1.29 is 19.1 Å². The van der Waals surface area contributed by atoms with Crippen molar-refractivity contribution in [3.63, 3.8) is 0 Å². The summed E-state index contributed by atoms with van der Waals surface area (Å²) in [6.45, 7) is 2.59. The predicted molar refractivity (Wildman–Crippen MR) is 97.4 cm³/mol. The number of benzene rings is 1. The van der Waals surface area contributed by atoms with Crippen molar-refractivity contribution in [1.29, 1.82) is 0 Å². The lowest BCUT2D eigenvalue weighted by Gasteiger charge is -2.20. The van der Waals surface area contributed by atoms with E-state index in [1.54, 1.807) is 19.1 Å². The average molecular weight is 376 g/mol. The summed E-state index contributed by atoms with van der Waals surface area (Å²) in [4.78, 5) is 26.6. The standard InChI is InChI=1S/C17H20N4O4S/c1-10-4-5-13(25-3)12(6-10)21-8-11(7-15(21)22)16(23)18-17-20-19-14(26-17)9-24-2/h4-6,11H,7-9H2,1-3H3,(H,18,20,23)/t11-/m1/s1. The number of aromatic nitrogens is 2. The van der Waals surface area contributed by atoms with Crippen molar-refractivity contribution in [3.05, 3.63) is 28.8 Å². The van der Waals surface area contributed by atoms with E-state index in [2.05, 4.69) is 15.5 Å². The number of rotatable bonds is 6. The molecule has 1 saturated heterocycles. The topological polar surface area (TPSA) is 93.7 Å². The third kappa shape index (κ3) is 3.83. The number of hydrogen-bond acceptors (Lipinski definition) is 7. The minimum atomic E-state index is -0.456.